The van der Waals surface area contributed by atoms with Gasteiger partial charge in [-0.1, -0.05) is 12.1 Å². The lowest BCUT2D eigenvalue weighted by Gasteiger charge is -2.19. The Bertz CT molecular complexity index is 1020. The highest BCUT2D eigenvalue weighted by atomic mass is 32.2. The van der Waals surface area contributed by atoms with Gasteiger partial charge in [0.25, 0.3) is 15.9 Å². The summed E-state index contributed by atoms with van der Waals surface area (Å²) in [6.45, 7) is 5.27. The van der Waals surface area contributed by atoms with Crippen LogP contribution in [0.3, 0.4) is 0 Å². The lowest BCUT2D eigenvalue weighted by atomic mass is 10.1. The first-order valence-corrected chi connectivity index (χ1v) is 10.1. The zero-order chi connectivity index (χ0) is 21.7. The Labute approximate surface area is 169 Å². The summed E-state index contributed by atoms with van der Waals surface area (Å²) in [4.78, 5) is 23.1. The molecule has 2 aromatic carbocycles. The predicted octanol–water partition coefficient (Wildman–Crippen LogP) is 2.96. The molecular formula is C20H22N2O6S. The Morgan fingerprint density at radius 3 is 2.31 bits per heavy atom. The van der Waals surface area contributed by atoms with Crippen molar-refractivity contribution in [2.24, 2.45) is 0 Å². The predicted molar refractivity (Wildman–Crippen MR) is 108 cm³/mol. The summed E-state index contributed by atoms with van der Waals surface area (Å²) < 4.78 is 32.9. The highest BCUT2D eigenvalue weighted by molar-refractivity contribution is 7.92. The number of amides is 1. The molecule has 9 heteroatoms. The molecule has 8 nitrogen and oxygen atoms in total. The van der Waals surface area contributed by atoms with E-state index in [0.29, 0.717) is 11.1 Å². The van der Waals surface area contributed by atoms with Crippen LogP contribution in [-0.4, -0.2) is 31.1 Å². The monoisotopic (exact) mass is 418 g/mol. The number of sulfonamides is 1. The van der Waals surface area contributed by atoms with Gasteiger partial charge in [-0.15, -0.1) is 0 Å². The average Bonchev–Trinajstić information content (AvgIpc) is 2.65. The number of hydrogen-bond donors (Lipinski definition) is 3. The van der Waals surface area contributed by atoms with Gasteiger partial charge in [0.1, 0.15) is 5.60 Å². The number of hydrogen-bond acceptors (Lipinski definition) is 6. The van der Waals surface area contributed by atoms with Crippen molar-refractivity contribution in [1.29, 1.82) is 0 Å². The van der Waals surface area contributed by atoms with Crippen LogP contribution >= 0.6 is 0 Å². The Balaban J connectivity index is 2.16. The zero-order valence-electron chi connectivity index (χ0n) is 16.2. The second-order valence-corrected chi connectivity index (χ2v) is 8.75. The summed E-state index contributed by atoms with van der Waals surface area (Å²) >= 11 is 0. The topological polar surface area (TPSA) is 122 Å². The van der Waals surface area contributed by atoms with Gasteiger partial charge in [0.05, 0.1) is 10.5 Å². The number of rotatable bonds is 6. The second kappa shape index (κ2) is 8.89. The highest BCUT2D eigenvalue weighted by Gasteiger charge is 2.18. The van der Waals surface area contributed by atoms with Crippen molar-refractivity contribution in [2.45, 2.75) is 31.3 Å². The van der Waals surface area contributed by atoms with Crippen LogP contribution in [0.4, 0.5) is 5.69 Å². The molecule has 3 N–H and O–H groups in total. The van der Waals surface area contributed by atoms with Crippen molar-refractivity contribution in [3.63, 3.8) is 0 Å². The van der Waals surface area contributed by atoms with E-state index in [-0.39, 0.29) is 10.6 Å². The van der Waals surface area contributed by atoms with E-state index in [1.54, 1.807) is 26.8 Å². The Morgan fingerprint density at radius 1 is 1.07 bits per heavy atom. The molecule has 0 radical (unpaired) electrons. The first kappa shape index (κ1) is 22.1. The minimum absolute atomic E-state index is 0.0136. The Morgan fingerprint density at radius 2 is 1.72 bits per heavy atom. The van der Waals surface area contributed by atoms with Crippen LogP contribution in [-0.2, 0) is 19.6 Å². The SMILES string of the molecule is CC(C)(C)OC(=O)c1ccc(NS(=O)(=O)c2cccc(/C=C/C(=O)NO)c2)cc1. The molecular weight excluding hydrogens is 396 g/mol. The maximum absolute atomic E-state index is 12.6. The molecule has 0 aliphatic rings. The minimum atomic E-state index is -3.89. The third-order valence-electron chi connectivity index (χ3n) is 3.48. The molecule has 0 saturated heterocycles. The van der Waals surface area contributed by atoms with E-state index in [4.69, 9.17) is 9.94 Å². The molecule has 0 spiro atoms. The number of anilines is 1. The van der Waals surface area contributed by atoms with Crippen LogP contribution in [0.1, 0.15) is 36.7 Å². The van der Waals surface area contributed by atoms with E-state index < -0.39 is 27.5 Å². The molecule has 1 amide bonds. The average molecular weight is 418 g/mol. The summed E-state index contributed by atoms with van der Waals surface area (Å²) in [6.07, 6.45) is 2.43. The van der Waals surface area contributed by atoms with Crippen molar-refractivity contribution in [3.05, 3.63) is 65.7 Å². The lowest BCUT2D eigenvalue weighted by molar-refractivity contribution is -0.124. The molecule has 154 valence electrons. The van der Waals surface area contributed by atoms with Gasteiger partial charge in [-0.25, -0.2) is 18.7 Å². The summed E-state index contributed by atoms with van der Waals surface area (Å²) in [5, 5.41) is 8.48. The molecule has 0 aromatic heterocycles. The van der Waals surface area contributed by atoms with Crippen molar-refractivity contribution < 1.29 is 28.0 Å². The largest absolute Gasteiger partial charge is 0.456 e. The van der Waals surface area contributed by atoms with E-state index >= 15 is 0 Å². The van der Waals surface area contributed by atoms with Crippen molar-refractivity contribution in [3.8, 4) is 0 Å². The summed E-state index contributed by atoms with van der Waals surface area (Å²) in [6, 6.07) is 11.8. The number of ether oxygens (including phenoxy) is 1. The van der Waals surface area contributed by atoms with Crippen LogP contribution < -0.4 is 10.2 Å². The molecule has 0 atom stereocenters. The fraction of sp³-hybridized carbons (Fsp3) is 0.200. The Hall–Kier alpha value is -3.17. The zero-order valence-corrected chi connectivity index (χ0v) is 17.0. The smallest absolute Gasteiger partial charge is 0.338 e. The van der Waals surface area contributed by atoms with Crippen LogP contribution in [0, 0.1) is 0 Å². The van der Waals surface area contributed by atoms with Crippen LogP contribution in [0.25, 0.3) is 6.08 Å². The van der Waals surface area contributed by atoms with Gasteiger partial charge >= 0.3 is 5.97 Å². The van der Waals surface area contributed by atoms with Gasteiger partial charge in [-0.05, 0) is 68.8 Å². The first-order valence-electron chi connectivity index (χ1n) is 8.59. The van der Waals surface area contributed by atoms with Crippen LogP contribution in [0.15, 0.2) is 59.5 Å². The van der Waals surface area contributed by atoms with E-state index in [2.05, 4.69) is 4.72 Å². The fourth-order valence-corrected chi connectivity index (χ4v) is 3.33. The van der Waals surface area contributed by atoms with E-state index in [9.17, 15) is 18.0 Å². The lowest BCUT2D eigenvalue weighted by Crippen LogP contribution is -2.23. The highest BCUT2D eigenvalue weighted by Crippen LogP contribution is 2.19. The van der Waals surface area contributed by atoms with Gasteiger partial charge in [0.2, 0.25) is 0 Å². The second-order valence-electron chi connectivity index (χ2n) is 7.07. The number of carbonyl (C=O) groups is 2. The minimum Gasteiger partial charge on any atom is -0.456 e. The number of hydroxylamine groups is 1. The van der Waals surface area contributed by atoms with E-state index in [1.165, 1.54) is 54.0 Å². The molecule has 2 aromatic rings. The van der Waals surface area contributed by atoms with Crippen LogP contribution in [0.2, 0.25) is 0 Å². The molecule has 0 bridgehead atoms. The summed E-state index contributed by atoms with van der Waals surface area (Å²) in [5.74, 6) is -1.24. The number of benzene rings is 2. The molecule has 29 heavy (non-hydrogen) atoms. The van der Waals surface area contributed by atoms with Gasteiger partial charge < -0.3 is 4.74 Å². The first-order chi connectivity index (χ1) is 13.5. The molecule has 0 heterocycles. The molecule has 0 unspecified atom stereocenters. The van der Waals surface area contributed by atoms with Crippen molar-refractivity contribution in [1.82, 2.24) is 5.48 Å². The van der Waals surface area contributed by atoms with E-state index in [0.717, 1.165) is 6.08 Å². The van der Waals surface area contributed by atoms with Crippen LogP contribution in [0.5, 0.6) is 0 Å². The normalized spacial score (nSPS) is 11.9. The van der Waals surface area contributed by atoms with Gasteiger partial charge in [-0.3, -0.25) is 14.7 Å². The van der Waals surface area contributed by atoms with Gasteiger partial charge in [0.15, 0.2) is 0 Å². The maximum Gasteiger partial charge on any atom is 0.338 e. The van der Waals surface area contributed by atoms with Crippen molar-refractivity contribution >= 4 is 33.7 Å². The number of carbonyl (C=O) groups excluding carboxylic acids is 2. The quantitative estimate of drug-likeness (QED) is 0.287. The number of nitrogens with one attached hydrogen (secondary N) is 2. The standard InChI is InChI=1S/C20H22N2O6S/c1-20(2,3)28-19(24)15-8-10-16(11-9-15)22-29(26,27)17-6-4-5-14(13-17)7-12-18(23)21-25/h4-13,22,25H,1-3H3,(H,21,23)/b12-7+. The molecule has 0 saturated carbocycles. The molecule has 0 aliphatic carbocycles. The third kappa shape index (κ3) is 6.74. The summed E-state index contributed by atoms with van der Waals surface area (Å²) in [5.41, 5.74) is 1.85. The molecule has 2 rings (SSSR count). The molecule has 0 aliphatic heterocycles. The third-order valence-corrected chi connectivity index (χ3v) is 4.86. The van der Waals surface area contributed by atoms with E-state index in [1.807, 2.05) is 0 Å². The molecule has 0 fully saturated rings. The van der Waals surface area contributed by atoms with Crippen molar-refractivity contribution in [2.75, 3.05) is 4.72 Å². The van der Waals surface area contributed by atoms with Gasteiger partial charge in [0, 0.05) is 11.8 Å². The fourth-order valence-electron chi connectivity index (χ4n) is 2.22. The Kier molecular flexibility index (Phi) is 6.78. The number of esters is 1. The van der Waals surface area contributed by atoms with Gasteiger partial charge in [-0.2, -0.15) is 0 Å². The maximum atomic E-state index is 12.6. The summed E-state index contributed by atoms with van der Waals surface area (Å²) in [7, 11) is -3.89.